The molecule has 2 rings (SSSR count). The standard InChI is InChI=1S/C18H26FNO3/c1-3-4-15(14-5-7-16(19)8-6-14)13-17(21)20-10-9-18(2)22-11-12-23-18/h5-8,15H,3-4,9-13H2,1-2H3,(H,20,21). The van der Waals surface area contributed by atoms with Gasteiger partial charge in [0.05, 0.1) is 13.2 Å². The zero-order valence-electron chi connectivity index (χ0n) is 13.9. The fourth-order valence-corrected chi connectivity index (χ4v) is 2.90. The highest BCUT2D eigenvalue weighted by Gasteiger charge is 2.30. The summed E-state index contributed by atoms with van der Waals surface area (Å²) in [7, 11) is 0. The summed E-state index contributed by atoms with van der Waals surface area (Å²) in [6, 6.07) is 6.44. The average molecular weight is 323 g/mol. The van der Waals surface area contributed by atoms with Crippen LogP contribution in [0, 0.1) is 5.82 Å². The highest BCUT2D eigenvalue weighted by molar-refractivity contribution is 5.76. The zero-order chi connectivity index (χ0) is 16.7. The van der Waals surface area contributed by atoms with E-state index < -0.39 is 5.79 Å². The number of nitrogens with one attached hydrogen (secondary N) is 1. The first kappa shape index (κ1) is 17.9. The minimum Gasteiger partial charge on any atom is -0.356 e. The number of hydrogen-bond donors (Lipinski definition) is 1. The molecule has 1 atom stereocenters. The molecule has 1 fully saturated rings. The van der Waals surface area contributed by atoms with E-state index in [1.807, 2.05) is 6.92 Å². The Balaban J connectivity index is 1.81. The maximum absolute atomic E-state index is 13.0. The number of carbonyl (C=O) groups excluding carboxylic acids is 1. The van der Waals surface area contributed by atoms with Crippen molar-refractivity contribution < 1.29 is 18.7 Å². The Labute approximate surface area is 137 Å². The van der Waals surface area contributed by atoms with Crippen LogP contribution in [-0.4, -0.2) is 31.5 Å². The highest BCUT2D eigenvalue weighted by Crippen LogP contribution is 2.25. The van der Waals surface area contributed by atoms with Gasteiger partial charge in [-0.2, -0.15) is 0 Å². The molecule has 1 unspecified atom stereocenters. The fourth-order valence-electron chi connectivity index (χ4n) is 2.90. The van der Waals surface area contributed by atoms with E-state index in [2.05, 4.69) is 12.2 Å². The number of halogens is 1. The molecule has 128 valence electrons. The average Bonchev–Trinajstić information content (AvgIpc) is 2.94. The van der Waals surface area contributed by atoms with Gasteiger partial charge in [-0.05, 0) is 37.0 Å². The van der Waals surface area contributed by atoms with Crippen LogP contribution in [0.15, 0.2) is 24.3 Å². The quantitative estimate of drug-likeness (QED) is 0.798. The lowest BCUT2D eigenvalue weighted by molar-refractivity contribution is -0.146. The van der Waals surface area contributed by atoms with Crippen molar-refractivity contribution in [3.63, 3.8) is 0 Å². The Kier molecular flexibility index (Phi) is 6.54. The predicted molar refractivity (Wildman–Crippen MR) is 86.6 cm³/mol. The van der Waals surface area contributed by atoms with Gasteiger partial charge in [0, 0.05) is 19.4 Å². The molecular formula is C18H26FNO3. The van der Waals surface area contributed by atoms with Crippen LogP contribution in [0.25, 0.3) is 0 Å². The lowest BCUT2D eigenvalue weighted by Gasteiger charge is -2.22. The molecule has 0 radical (unpaired) electrons. The normalized spacial score (nSPS) is 17.9. The van der Waals surface area contributed by atoms with E-state index >= 15 is 0 Å². The third kappa shape index (κ3) is 5.59. The second-order valence-electron chi connectivity index (χ2n) is 6.17. The largest absolute Gasteiger partial charge is 0.356 e. The molecule has 1 amide bonds. The third-order valence-electron chi connectivity index (χ3n) is 4.21. The van der Waals surface area contributed by atoms with E-state index in [-0.39, 0.29) is 17.6 Å². The van der Waals surface area contributed by atoms with Gasteiger partial charge >= 0.3 is 0 Å². The number of benzene rings is 1. The van der Waals surface area contributed by atoms with Gasteiger partial charge in [0.2, 0.25) is 5.91 Å². The van der Waals surface area contributed by atoms with Crippen LogP contribution >= 0.6 is 0 Å². The van der Waals surface area contributed by atoms with Crippen molar-refractivity contribution in [2.75, 3.05) is 19.8 Å². The summed E-state index contributed by atoms with van der Waals surface area (Å²) in [6.45, 7) is 5.72. The van der Waals surface area contributed by atoms with E-state index in [0.29, 0.717) is 32.6 Å². The van der Waals surface area contributed by atoms with Crippen molar-refractivity contribution in [2.45, 2.75) is 51.2 Å². The van der Waals surface area contributed by atoms with Gasteiger partial charge in [-0.1, -0.05) is 25.5 Å². The van der Waals surface area contributed by atoms with E-state index in [9.17, 15) is 9.18 Å². The van der Waals surface area contributed by atoms with Crippen molar-refractivity contribution >= 4 is 5.91 Å². The van der Waals surface area contributed by atoms with Gasteiger partial charge in [-0.3, -0.25) is 4.79 Å². The number of carbonyl (C=O) groups is 1. The minimum absolute atomic E-state index is 0.00868. The minimum atomic E-state index is -0.576. The number of amides is 1. The first-order chi connectivity index (χ1) is 11.0. The van der Waals surface area contributed by atoms with Crippen LogP contribution in [0.4, 0.5) is 4.39 Å². The van der Waals surface area contributed by atoms with Gasteiger partial charge in [0.25, 0.3) is 0 Å². The van der Waals surface area contributed by atoms with Crippen molar-refractivity contribution in [1.82, 2.24) is 5.32 Å². The van der Waals surface area contributed by atoms with Crippen LogP contribution in [-0.2, 0) is 14.3 Å². The summed E-state index contributed by atoms with van der Waals surface area (Å²) in [4.78, 5) is 12.2. The Morgan fingerprint density at radius 2 is 1.96 bits per heavy atom. The fraction of sp³-hybridized carbons (Fsp3) is 0.611. The summed E-state index contributed by atoms with van der Waals surface area (Å²) in [6.07, 6.45) is 2.93. The monoisotopic (exact) mass is 323 g/mol. The molecule has 0 spiro atoms. The summed E-state index contributed by atoms with van der Waals surface area (Å²) in [5.41, 5.74) is 1.01. The molecule has 0 saturated carbocycles. The van der Waals surface area contributed by atoms with Crippen LogP contribution in [0.2, 0.25) is 0 Å². The first-order valence-corrected chi connectivity index (χ1v) is 8.32. The number of ether oxygens (including phenoxy) is 2. The summed E-state index contributed by atoms with van der Waals surface area (Å²) in [5.74, 6) is -0.699. The summed E-state index contributed by atoms with van der Waals surface area (Å²) in [5, 5.41) is 2.93. The van der Waals surface area contributed by atoms with Crippen LogP contribution in [0.3, 0.4) is 0 Å². The maximum atomic E-state index is 13.0. The molecule has 1 heterocycles. The molecule has 1 aromatic carbocycles. The Hall–Kier alpha value is -1.46. The summed E-state index contributed by atoms with van der Waals surface area (Å²) < 4.78 is 24.1. The predicted octanol–water partition coefficient (Wildman–Crippen LogP) is 3.37. The van der Waals surface area contributed by atoms with Crippen molar-refractivity contribution in [1.29, 1.82) is 0 Å². The van der Waals surface area contributed by atoms with E-state index in [1.54, 1.807) is 12.1 Å². The molecule has 4 nitrogen and oxygen atoms in total. The maximum Gasteiger partial charge on any atom is 0.220 e. The van der Waals surface area contributed by atoms with Crippen molar-refractivity contribution in [2.24, 2.45) is 0 Å². The Morgan fingerprint density at radius 1 is 1.30 bits per heavy atom. The molecule has 0 aromatic heterocycles. The summed E-state index contributed by atoms with van der Waals surface area (Å²) >= 11 is 0. The first-order valence-electron chi connectivity index (χ1n) is 8.32. The van der Waals surface area contributed by atoms with Gasteiger partial charge in [-0.15, -0.1) is 0 Å². The second kappa shape index (κ2) is 8.41. The highest BCUT2D eigenvalue weighted by atomic mass is 19.1. The molecule has 0 bridgehead atoms. The Bertz CT molecular complexity index is 497. The Morgan fingerprint density at radius 3 is 2.57 bits per heavy atom. The SMILES string of the molecule is CCCC(CC(=O)NCCC1(C)OCCO1)c1ccc(F)cc1. The van der Waals surface area contributed by atoms with Crippen molar-refractivity contribution in [3.8, 4) is 0 Å². The topological polar surface area (TPSA) is 47.6 Å². The lowest BCUT2D eigenvalue weighted by Crippen LogP contribution is -2.34. The molecule has 1 aromatic rings. The van der Waals surface area contributed by atoms with E-state index in [0.717, 1.165) is 18.4 Å². The van der Waals surface area contributed by atoms with Crippen LogP contribution in [0.5, 0.6) is 0 Å². The van der Waals surface area contributed by atoms with Gasteiger partial charge in [-0.25, -0.2) is 4.39 Å². The number of hydrogen-bond acceptors (Lipinski definition) is 3. The van der Waals surface area contributed by atoms with Crippen molar-refractivity contribution in [3.05, 3.63) is 35.6 Å². The molecule has 1 aliphatic heterocycles. The zero-order valence-corrected chi connectivity index (χ0v) is 13.9. The van der Waals surface area contributed by atoms with Crippen LogP contribution in [0.1, 0.15) is 51.0 Å². The molecule has 1 aliphatic rings. The second-order valence-corrected chi connectivity index (χ2v) is 6.17. The molecule has 1 saturated heterocycles. The van der Waals surface area contributed by atoms with Gasteiger partial charge in [0.15, 0.2) is 5.79 Å². The molecule has 23 heavy (non-hydrogen) atoms. The van der Waals surface area contributed by atoms with Gasteiger partial charge < -0.3 is 14.8 Å². The molecule has 0 aliphatic carbocycles. The molecular weight excluding hydrogens is 297 g/mol. The van der Waals surface area contributed by atoms with Crippen LogP contribution < -0.4 is 5.32 Å². The lowest BCUT2D eigenvalue weighted by atomic mass is 9.91. The third-order valence-corrected chi connectivity index (χ3v) is 4.21. The number of rotatable bonds is 8. The van der Waals surface area contributed by atoms with E-state index in [4.69, 9.17) is 9.47 Å². The van der Waals surface area contributed by atoms with Gasteiger partial charge in [0.1, 0.15) is 5.82 Å². The molecule has 1 N–H and O–H groups in total. The molecule has 5 heteroatoms. The van der Waals surface area contributed by atoms with E-state index in [1.165, 1.54) is 12.1 Å². The smallest absolute Gasteiger partial charge is 0.220 e.